The van der Waals surface area contributed by atoms with Crippen LogP contribution >= 0.6 is 0 Å². The van der Waals surface area contributed by atoms with E-state index in [-0.39, 0.29) is 0 Å². The molecule has 1 aliphatic carbocycles. The summed E-state index contributed by atoms with van der Waals surface area (Å²) >= 11 is 0. The molecule has 3 aliphatic rings. The van der Waals surface area contributed by atoms with Crippen molar-refractivity contribution in [3.05, 3.63) is 113 Å². The maximum absolute atomic E-state index is 6.40. The van der Waals surface area contributed by atoms with Crippen molar-refractivity contribution in [3.63, 3.8) is 0 Å². The molecule has 1 atom stereocenters. The predicted octanol–water partition coefficient (Wildman–Crippen LogP) is 4.93. The van der Waals surface area contributed by atoms with Crippen LogP contribution in [0.15, 0.2) is 85.1 Å². The highest BCUT2D eigenvalue weighted by molar-refractivity contribution is 5.70. The van der Waals surface area contributed by atoms with Gasteiger partial charge in [-0.25, -0.2) is 0 Å². The SMILES string of the molecule is c1ccc2c(c1)Cc1cccc3c1C21c2c(cccc2Oc2cccc[n+]21)O3. The molecule has 3 nitrogen and oxygen atoms in total. The third kappa shape index (κ3) is 1.51. The molecule has 3 heterocycles. The number of hydrogen-bond donors (Lipinski definition) is 0. The average molecular weight is 362 g/mol. The number of benzene rings is 3. The summed E-state index contributed by atoms with van der Waals surface area (Å²) in [5.41, 5.74) is 5.78. The van der Waals surface area contributed by atoms with Gasteiger partial charge in [0.2, 0.25) is 0 Å². The zero-order chi connectivity index (χ0) is 18.3. The molecule has 3 aromatic carbocycles. The van der Waals surface area contributed by atoms with E-state index < -0.39 is 5.54 Å². The Kier molecular flexibility index (Phi) is 2.49. The van der Waals surface area contributed by atoms with Crippen LogP contribution in [0.25, 0.3) is 0 Å². The number of ether oxygens (including phenoxy) is 2. The van der Waals surface area contributed by atoms with Crippen LogP contribution in [0.4, 0.5) is 0 Å². The molecule has 3 heteroatoms. The van der Waals surface area contributed by atoms with Gasteiger partial charge in [-0.3, -0.25) is 0 Å². The number of hydrogen-bond acceptors (Lipinski definition) is 2. The van der Waals surface area contributed by atoms with Gasteiger partial charge in [0.25, 0.3) is 5.54 Å². The second kappa shape index (κ2) is 4.82. The van der Waals surface area contributed by atoms with Crippen molar-refractivity contribution in [1.82, 2.24) is 0 Å². The quantitative estimate of drug-likeness (QED) is 0.357. The second-order valence-corrected chi connectivity index (χ2v) is 7.58. The summed E-state index contributed by atoms with van der Waals surface area (Å²) in [7, 11) is 0. The maximum atomic E-state index is 6.40. The Morgan fingerprint density at radius 3 is 2.29 bits per heavy atom. The van der Waals surface area contributed by atoms with Crippen molar-refractivity contribution >= 4 is 0 Å². The van der Waals surface area contributed by atoms with Crippen LogP contribution in [-0.2, 0) is 12.0 Å². The van der Waals surface area contributed by atoms with E-state index in [1.54, 1.807) is 0 Å². The van der Waals surface area contributed by atoms with Gasteiger partial charge >= 0.3 is 5.88 Å². The lowest BCUT2D eigenvalue weighted by Crippen LogP contribution is -2.63. The van der Waals surface area contributed by atoms with E-state index in [0.717, 1.165) is 35.1 Å². The van der Waals surface area contributed by atoms with Crippen LogP contribution in [0.5, 0.6) is 23.1 Å². The monoisotopic (exact) mass is 362 g/mol. The summed E-state index contributed by atoms with van der Waals surface area (Å²) in [4.78, 5) is 0. The Balaban J connectivity index is 1.77. The third-order valence-electron chi connectivity index (χ3n) is 6.23. The number of rotatable bonds is 0. The van der Waals surface area contributed by atoms with Crippen molar-refractivity contribution < 1.29 is 14.0 Å². The summed E-state index contributed by atoms with van der Waals surface area (Å²) in [6, 6.07) is 27.4. The van der Waals surface area contributed by atoms with E-state index in [4.69, 9.17) is 9.47 Å². The van der Waals surface area contributed by atoms with E-state index in [2.05, 4.69) is 59.3 Å². The zero-order valence-electron chi connectivity index (χ0n) is 15.1. The zero-order valence-corrected chi connectivity index (χ0v) is 15.1. The molecule has 132 valence electrons. The summed E-state index contributed by atoms with van der Waals surface area (Å²) in [6.45, 7) is 0. The van der Waals surface area contributed by atoms with Crippen LogP contribution in [-0.4, -0.2) is 0 Å². The average Bonchev–Trinajstić information content (AvgIpc) is 2.74. The Morgan fingerprint density at radius 1 is 0.643 bits per heavy atom. The van der Waals surface area contributed by atoms with Crippen molar-refractivity contribution in [3.8, 4) is 23.1 Å². The first-order valence-corrected chi connectivity index (χ1v) is 9.58. The summed E-state index contributed by atoms with van der Waals surface area (Å²) < 4.78 is 15.0. The minimum absolute atomic E-state index is 0.486. The maximum Gasteiger partial charge on any atom is 0.374 e. The lowest BCUT2D eigenvalue weighted by atomic mass is 9.66. The molecule has 28 heavy (non-hydrogen) atoms. The molecule has 2 aliphatic heterocycles. The van der Waals surface area contributed by atoms with E-state index in [9.17, 15) is 0 Å². The molecule has 1 unspecified atom stereocenters. The lowest BCUT2D eigenvalue weighted by molar-refractivity contribution is -0.741. The molecule has 0 bridgehead atoms. The lowest BCUT2D eigenvalue weighted by Gasteiger charge is -2.43. The van der Waals surface area contributed by atoms with Gasteiger partial charge in [-0.1, -0.05) is 42.5 Å². The molecule has 0 amide bonds. The molecule has 7 rings (SSSR count). The fourth-order valence-electron chi connectivity index (χ4n) is 5.27. The van der Waals surface area contributed by atoms with Crippen LogP contribution in [0, 0.1) is 0 Å². The van der Waals surface area contributed by atoms with Gasteiger partial charge in [0.15, 0.2) is 6.20 Å². The van der Waals surface area contributed by atoms with Crippen LogP contribution in [0.2, 0.25) is 0 Å². The van der Waals surface area contributed by atoms with Crippen molar-refractivity contribution in [2.45, 2.75) is 12.0 Å². The van der Waals surface area contributed by atoms with Gasteiger partial charge in [0, 0.05) is 11.6 Å². The summed E-state index contributed by atoms with van der Waals surface area (Å²) in [5.74, 6) is 3.49. The first-order valence-electron chi connectivity index (χ1n) is 9.58. The van der Waals surface area contributed by atoms with Gasteiger partial charge in [0.1, 0.15) is 22.8 Å². The number of fused-ring (bicyclic) bond motifs is 2. The molecule has 1 aromatic heterocycles. The molecule has 0 saturated heterocycles. The molecule has 0 N–H and O–H groups in total. The van der Waals surface area contributed by atoms with Crippen molar-refractivity contribution in [1.29, 1.82) is 0 Å². The van der Waals surface area contributed by atoms with Crippen LogP contribution in [0.3, 0.4) is 0 Å². The molecule has 0 radical (unpaired) electrons. The van der Waals surface area contributed by atoms with Gasteiger partial charge in [-0.05, 0) is 41.8 Å². The van der Waals surface area contributed by atoms with Crippen molar-refractivity contribution in [2.24, 2.45) is 0 Å². The summed E-state index contributed by atoms with van der Waals surface area (Å²) in [6.07, 6.45) is 3.04. The highest BCUT2D eigenvalue weighted by Crippen LogP contribution is 2.58. The van der Waals surface area contributed by atoms with Gasteiger partial charge in [-0.2, -0.15) is 0 Å². The molecule has 0 saturated carbocycles. The molecule has 0 fully saturated rings. The molecular weight excluding hydrogens is 346 g/mol. The fraction of sp³-hybridized carbons (Fsp3) is 0.0800. The highest BCUT2D eigenvalue weighted by atomic mass is 16.5. The van der Waals surface area contributed by atoms with Gasteiger partial charge < -0.3 is 9.47 Å². The first-order chi connectivity index (χ1) is 13.9. The van der Waals surface area contributed by atoms with E-state index in [1.807, 2.05) is 30.3 Å². The third-order valence-corrected chi connectivity index (χ3v) is 6.23. The Labute approximate surface area is 162 Å². The molecule has 1 spiro atoms. The van der Waals surface area contributed by atoms with Gasteiger partial charge in [0.05, 0.1) is 11.6 Å². The Hall–Kier alpha value is -3.59. The minimum Gasteiger partial charge on any atom is -0.456 e. The first kappa shape index (κ1) is 14.5. The Bertz CT molecular complexity index is 1180. The number of aromatic nitrogens is 1. The fourth-order valence-corrected chi connectivity index (χ4v) is 5.27. The van der Waals surface area contributed by atoms with Gasteiger partial charge in [-0.15, -0.1) is 4.57 Å². The highest BCUT2D eigenvalue weighted by Gasteiger charge is 2.60. The second-order valence-electron chi connectivity index (χ2n) is 7.58. The number of nitrogens with zero attached hydrogens (tertiary/aromatic N) is 1. The van der Waals surface area contributed by atoms with E-state index >= 15 is 0 Å². The summed E-state index contributed by atoms with van der Waals surface area (Å²) in [5, 5.41) is 0. The van der Waals surface area contributed by atoms with E-state index in [0.29, 0.717) is 0 Å². The predicted molar refractivity (Wildman–Crippen MR) is 104 cm³/mol. The molecule has 4 aromatic rings. The smallest absolute Gasteiger partial charge is 0.374 e. The minimum atomic E-state index is -0.486. The van der Waals surface area contributed by atoms with Crippen LogP contribution in [0.1, 0.15) is 27.8 Å². The Morgan fingerprint density at radius 2 is 1.36 bits per heavy atom. The molecular formula is C25H16NO2+. The topological polar surface area (TPSA) is 22.3 Å². The van der Waals surface area contributed by atoms with E-state index in [1.165, 1.54) is 22.3 Å². The standard InChI is InChI=1S/C25H16NO2/c1-2-9-18-16(7-1)15-17-8-5-10-19-23(17)25(18)24-20(27-19)11-6-12-21(24)28-22-13-3-4-14-26(22)25/h1-14H,15H2/q+1. The largest absolute Gasteiger partial charge is 0.456 e. The van der Waals surface area contributed by atoms with Crippen LogP contribution < -0.4 is 14.0 Å². The van der Waals surface area contributed by atoms with Crippen molar-refractivity contribution in [2.75, 3.05) is 0 Å². The normalized spacial score (nSPS) is 19.3. The number of pyridine rings is 1.